The van der Waals surface area contributed by atoms with Gasteiger partial charge in [0.05, 0.1) is 30.3 Å². The lowest BCUT2D eigenvalue weighted by Crippen LogP contribution is -2.41. The van der Waals surface area contributed by atoms with Crippen LogP contribution in [-0.4, -0.2) is 30.8 Å². The lowest BCUT2D eigenvalue weighted by Gasteiger charge is -2.32. The van der Waals surface area contributed by atoms with Crippen LogP contribution in [0.15, 0.2) is 18.3 Å². The van der Waals surface area contributed by atoms with Crippen LogP contribution in [0.4, 0.5) is 5.69 Å². The van der Waals surface area contributed by atoms with E-state index in [9.17, 15) is 0 Å². The highest BCUT2D eigenvalue weighted by atomic mass is 16.5. The molecule has 2 heterocycles. The number of hydrogen-bond acceptors (Lipinski definition) is 4. The van der Waals surface area contributed by atoms with Gasteiger partial charge in [-0.1, -0.05) is 0 Å². The van der Waals surface area contributed by atoms with Crippen LogP contribution in [0.2, 0.25) is 0 Å². The summed E-state index contributed by atoms with van der Waals surface area (Å²) >= 11 is 0. The Balaban J connectivity index is 2.09. The van der Waals surface area contributed by atoms with Crippen molar-refractivity contribution in [2.24, 2.45) is 5.73 Å². The van der Waals surface area contributed by atoms with Gasteiger partial charge in [-0.25, -0.2) is 0 Å². The number of ether oxygens (including phenoxy) is 1. The molecular formula is C12H19N3O. The summed E-state index contributed by atoms with van der Waals surface area (Å²) in [6.45, 7) is 6.69. The van der Waals surface area contributed by atoms with Crippen LogP contribution in [-0.2, 0) is 4.74 Å². The van der Waals surface area contributed by atoms with E-state index in [2.05, 4.69) is 22.9 Å². The molecule has 1 aliphatic rings. The quantitative estimate of drug-likeness (QED) is 0.818. The van der Waals surface area contributed by atoms with E-state index < -0.39 is 0 Å². The van der Waals surface area contributed by atoms with Crippen molar-refractivity contribution in [2.75, 3.05) is 24.6 Å². The number of morpholine rings is 1. The first-order chi connectivity index (χ1) is 7.66. The molecule has 0 amide bonds. The monoisotopic (exact) mass is 221 g/mol. The summed E-state index contributed by atoms with van der Waals surface area (Å²) in [5.41, 5.74) is 7.86. The lowest BCUT2D eigenvalue weighted by atomic mass is 10.2. The summed E-state index contributed by atoms with van der Waals surface area (Å²) < 4.78 is 5.51. The molecule has 0 aliphatic carbocycles. The third kappa shape index (κ3) is 2.51. The minimum Gasteiger partial charge on any atom is -0.375 e. The minimum absolute atomic E-state index is 0.00216. The fraction of sp³-hybridized carbons (Fsp3) is 0.583. The zero-order chi connectivity index (χ0) is 11.5. The van der Waals surface area contributed by atoms with E-state index >= 15 is 0 Å². The molecule has 2 atom stereocenters. The van der Waals surface area contributed by atoms with Crippen LogP contribution in [0, 0.1) is 0 Å². The van der Waals surface area contributed by atoms with Crippen molar-refractivity contribution in [1.82, 2.24) is 4.98 Å². The van der Waals surface area contributed by atoms with E-state index in [4.69, 9.17) is 10.5 Å². The van der Waals surface area contributed by atoms with Crippen LogP contribution in [0.5, 0.6) is 0 Å². The maximum absolute atomic E-state index is 5.77. The van der Waals surface area contributed by atoms with Gasteiger partial charge in [0.1, 0.15) is 0 Å². The Labute approximate surface area is 96.4 Å². The lowest BCUT2D eigenvalue weighted by molar-refractivity contribution is 0.0532. The van der Waals surface area contributed by atoms with Gasteiger partial charge in [0.2, 0.25) is 0 Å². The third-order valence-electron chi connectivity index (χ3n) is 2.84. The maximum Gasteiger partial charge on any atom is 0.0722 e. The number of rotatable bonds is 2. The average molecular weight is 221 g/mol. The maximum atomic E-state index is 5.77. The highest BCUT2D eigenvalue weighted by Crippen LogP contribution is 2.18. The Morgan fingerprint density at radius 3 is 2.94 bits per heavy atom. The molecule has 1 fully saturated rings. The smallest absolute Gasteiger partial charge is 0.0722 e. The number of hydrogen-bond donors (Lipinski definition) is 1. The summed E-state index contributed by atoms with van der Waals surface area (Å²) in [6, 6.07) is 4.09. The molecule has 0 radical (unpaired) electrons. The van der Waals surface area contributed by atoms with Gasteiger partial charge < -0.3 is 15.4 Å². The van der Waals surface area contributed by atoms with Gasteiger partial charge in [-0.3, -0.25) is 4.98 Å². The number of pyridine rings is 1. The molecule has 1 aliphatic heterocycles. The SMILES string of the molecule is CC1CN(c2ccc([C@@H](C)N)nc2)CCO1. The molecule has 0 bridgehead atoms. The Morgan fingerprint density at radius 1 is 1.56 bits per heavy atom. The van der Waals surface area contributed by atoms with Gasteiger partial charge in [0.25, 0.3) is 0 Å². The number of nitrogens with zero attached hydrogens (tertiary/aromatic N) is 2. The molecule has 1 aromatic heterocycles. The summed E-state index contributed by atoms with van der Waals surface area (Å²) in [4.78, 5) is 6.67. The zero-order valence-corrected chi connectivity index (χ0v) is 9.89. The predicted octanol–water partition coefficient (Wildman–Crippen LogP) is 1.33. The Hall–Kier alpha value is -1.13. The van der Waals surface area contributed by atoms with E-state index in [1.807, 2.05) is 19.2 Å². The van der Waals surface area contributed by atoms with Crippen molar-refractivity contribution in [1.29, 1.82) is 0 Å². The average Bonchev–Trinajstić information content (AvgIpc) is 2.29. The van der Waals surface area contributed by atoms with Gasteiger partial charge in [0, 0.05) is 19.1 Å². The van der Waals surface area contributed by atoms with Crippen molar-refractivity contribution in [2.45, 2.75) is 26.0 Å². The molecule has 2 rings (SSSR count). The Kier molecular flexibility index (Phi) is 3.41. The third-order valence-corrected chi connectivity index (χ3v) is 2.84. The molecule has 1 unspecified atom stereocenters. The molecule has 1 saturated heterocycles. The van der Waals surface area contributed by atoms with Gasteiger partial charge >= 0.3 is 0 Å². The topological polar surface area (TPSA) is 51.4 Å². The summed E-state index contributed by atoms with van der Waals surface area (Å²) in [6.07, 6.45) is 2.19. The van der Waals surface area contributed by atoms with Crippen molar-refractivity contribution in [3.63, 3.8) is 0 Å². The minimum atomic E-state index is -0.00216. The molecule has 16 heavy (non-hydrogen) atoms. The summed E-state index contributed by atoms with van der Waals surface area (Å²) in [5, 5.41) is 0. The van der Waals surface area contributed by atoms with Crippen molar-refractivity contribution in [3.05, 3.63) is 24.0 Å². The van der Waals surface area contributed by atoms with E-state index in [0.29, 0.717) is 6.10 Å². The molecule has 0 spiro atoms. The fourth-order valence-corrected chi connectivity index (χ4v) is 1.91. The normalized spacial score (nSPS) is 23.2. The van der Waals surface area contributed by atoms with E-state index in [0.717, 1.165) is 31.1 Å². The standard InChI is InChI=1S/C12H19N3O/c1-9-8-15(5-6-16-9)11-3-4-12(10(2)13)14-7-11/h3-4,7,9-10H,5-6,8,13H2,1-2H3/t9?,10-/m1/s1. The van der Waals surface area contributed by atoms with Crippen LogP contribution < -0.4 is 10.6 Å². The molecule has 0 aromatic carbocycles. The first-order valence-electron chi connectivity index (χ1n) is 5.75. The number of anilines is 1. The second kappa shape index (κ2) is 4.80. The van der Waals surface area contributed by atoms with E-state index in [1.54, 1.807) is 0 Å². The van der Waals surface area contributed by atoms with Gasteiger partial charge in [-0.15, -0.1) is 0 Å². The van der Waals surface area contributed by atoms with Crippen LogP contribution in [0.25, 0.3) is 0 Å². The van der Waals surface area contributed by atoms with E-state index in [1.165, 1.54) is 0 Å². The van der Waals surface area contributed by atoms with Crippen LogP contribution in [0.3, 0.4) is 0 Å². The van der Waals surface area contributed by atoms with Crippen LogP contribution in [0.1, 0.15) is 25.6 Å². The predicted molar refractivity (Wildman–Crippen MR) is 64.5 cm³/mol. The molecule has 2 N–H and O–H groups in total. The number of aromatic nitrogens is 1. The van der Waals surface area contributed by atoms with Crippen molar-refractivity contribution < 1.29 is 4.74 Å². The van der Waals surface area contributed by atoms with Gasteiger partial charge in [-0.2, -0.15) is 0 Å². The second-order valence-electron chi connectivity index (χ2n) is 4.36. The van der Waals surface area contributed by atoms with Crippen molar-refractivity contribution in [3.8, 4) is 0 Å². The summed E-state index contributed by atoms with van der Waals surface area (Å²) in [5.74, 6) is 0. The fourth-order valence-electron chi connectivity index (χ4n) is 1.91. The second-order valence-corrected chi connectivity index (χ2v) is 4.36. The number of nitrogens with two attached hydrogens (primary N) is 1. The molecule has 88 valence electrons. The Morgan fingerprint density at radius 2 is 2.38 bits per heavy atom. The molecule has 4 nitrogen and oxygen atoms in total. The highest BCUT2D eigenvalue weighted by molar-refractivity contribution is 5.45. The zero-order valence-electron chi connectivity index (χ0n) is 9.89. The van der Waals surface area contributed by atoms with Crippen molar-refractivity contribution >= 4 is 5.69 Å². The Bertz CT molecular complexity index is 337. The highest BCUT2D eigenvalue weighted by Gasteiger charge is 2.17. The van der Waals surface area contributed by atoms with E-state index in [-0.39, 0.29) is 6.04 Å². The molecular weight excluding hydrogens is 202 g/mol. The van der Waals surface area contributed by atoms with Gasteiger partial charge in [-0.05, 0) is 26.0 Å². The first kappa shape index (κ1) is 11.4. The largest absolute Gasteiger partial charge is 0.375 e. The molecule has 1 aromatic rings. The first-order valence-corrected chi connectivity index (χ1v) is 5.75. The molecule has 0 saturated carbocycles. The molecule has 4 heteroatoms. The van der Waals surface area contributed by atoms with Gasteiger partial charge in [0.15, 0.2) is 0 Å². The summed E-state index contributed by atoms with van der Waals surface area (Å²) in [7, 11) is 0. The van der Waals surface area contributed by atoms with Crippen LogP contribution >= 0.6 is 0 Å².